The van der Waals surface area contributed by atoms with Gasteiger partial charge in [-0.15, -0.1) is 5.10 Å². The molecule has 0 bridgehead atoms. The Kier molecular flexibility index (Phi) is 4.28. The third-order valence-corrected chi connectivity index (χ3v) is 3.91. The Bertz CT molecular complexity index is 564. The molecule has 0 radical (unpaired) electrons. The molecular weight excluding hydrogens is 262 g/mol. The highest BCUT2D eigenvalue weighted by Crippen LogP contribution is 2.22. The number of para-hydroxylation sites is 1. The highest BCUT2D eigenvalue weighted by Gasteiger charge is 2.14. The summed E-state index contributed by atoms with van der Waals surface area (Å²) in [5.74, 6) is 1.58. The van der Waals surface area contributed by atoms with Gasteiger partial charge in [0.2, 0.25) is 0 Å². The molecule has 1 aromatic carbocycles. The highest BCUT2D eigenvalue weighted by molar-refractivity contribution is 5.56. The molecule has 0 aliphatic carbocycles. The van der Waals surface area contributed by atoms with Crippen molar-refractivity contribution >= 4 is 17.5 Å². The van der Waals surface area contributed by atoms with Gasteiger partial charge in [0.25, 0.3) is 5.95 Å². The van der Waals surface area contributed by atoms with Gasteiger partial charge in [-0.1, -0.05) is 31.0 Å². The Labute approximate surface area is 125 Å². The second-order valence-corrected chi connectivity index (χ2v) is 5.41. The maximum atomic E-state index is 4.69. The molecule has 21 heavy (non-hydrogen) atoms. The lowest BCUT2D eigenvalue weighted by molar-refractivity contribution is 0.726. The maximum Gasteiger partial charge on any atom is 0.251 e. The van der Waals surface area contributed by atoms with Crippen molar-refractivity contribution < 1.29 is 0 Å². The topological polar surface area (TPSA) is 45.2 Å². The molecule has 5 heteroatoms. The van der Waals surface area contributed by atoms with Crippen LogP contribution in [-0.2, 0) is 0 Å². The van der Waals surface area contributed by atoms with E-state index in [0.29, 0.717) is 5.95 Å². The van der Waals surface area contributed by atoms with E-state index in [0.717, 1.165) is 24.6 Å². The zero-order valence-electron chi connectivity index (χ0n) is 12.4. The summed E-state index contributed by atoms with van der Waals surface area (Å²) in [5, 5.41) is 8.31. The summed E-state index contributed by atoms with van der Waals surface area (Å²) in [7, 11) is 1.97. The molecule has 0 N–H and O–H groups in total. The van der Waals surface area contributed by atoms with Crippen molar-refractivity contribution in [1.82, 2.24) is 15.2 Å². The highest BCUT2D eigenvalue weighted by atomic mass is 15.3. The molecule has 1 aliphatic rings. The zero-order valence-corrected chi connectivity index (χ0v) is 12.4. The number of hydrogen-bond donors (Lipinski definition) is 0. The summed E-state index contributed by atoms with van der Waals surface area (Å²) >= 11 is 0. The number of rotatable bonds is 3. The van der Waals surface area contributed by atoms with Crippen molar-refractivity contribution in [1.29, 1.82) is 0 Å². The van der Waals surface area contributed by atoms with Gasteiger partial charge < -0.3 is 9.80 Å². The molecule has 0 saturated carbocycles. The van der Waals surface area contributed by atoms with Crippen molar-refractivity contribution in [2.45, 2.75) is 25.7 Å². The van der Waals surface area contributed by atoms with Crippen LogP contribution in [0.2, 0.25) is 0 Å². The molecular formula is C16H21N5. The summed E-state index contributed by atoms with van der Waals surface area (Å²) in [6.45, 7) is 2.13. The van der Waals surface area contributed by atoms with E-state index in [1.165, 1.54) is 25.7 Å². The molecule has 1 aliphatic heterocycles. The molecule has 1 aromatic heterocycles. The summed E-state index contributed by atoms with van der Waals surface area (Å²) in [6, 6.07) is 10.1. The minimum absolute atomic E-state index is 0.642. The average Bonchev–Trinajstić information content (AvgIpc) is 2.84. The van der Waals surface area contributed by atoms with E-state index in [4.69, 9.17) is 4.98 Å². The van der Waals surface area contributed by atoms with Crippen LogP contribution < -0.4 is 9.80 Å². The van der Waals surface area contributed by atoms with Crippen LogP contribution in [0.3, 0.4) is 0 Å². The smallest absolute Gasteiger partial charge is 0.251 e. The first-order valence-corrected chi connectivity index (χ1v) is 7.58. The summed E-state index contributed by atoms with van der Waals surface area (Å²) in [6.07, 6.45) is 6.85. The van der Waals surface area contributed by atoms with Crippen molar-refractivity contribution in [2.75, 3.05) is 29.9 Å². The van der Waals surface area contributed by atoms with Gasteiger partial charge in [-0.3, -0.25) is 0 Å². The molecule has 5 nitrogen and oxygen atoms in total. The molecule has 2 aromatic rings. The Hall–Kier alpha value is -2.17. The van der Waals surface area contributed by atoms with Gasteiger partial charge in [-0.2, -0.15) is 10.1 Å². The van der Waals surface area contributed by atoms with Crippen LogP contribution in [0.25, 0.3) is 0 Å². The molecule has 0 amide bonds. The monoisotopic (exact) mass is 283 g/mol. The van der Waals surface area contributed by atoms with E-state index in [-0.39, 0.29) is 0 Å². The molecule has 3 rings (SSSR count). The molecule has 0 unspecified atom stereocenters. The Balaban J connectivity index is 1.82. The van der Waals surface area contributed by atoms with Crippen molar-refractivity contribution in [3.8, 4) is 0 Å². The van der Waals surface area contributed by atoms with Crippen LogP contribution >= 0.6 is 0 Å². The molecule has 0 atom stereocenters. The predicted octanol–water partition coefficient (Wildman–Crippen LogP) is 3.02. The second-order valence-electron chi connectivity index (χ2n) is 5.41. The largest absolute Gasteiger partial charge is 0.355 e. The number of aromatic nitrogens is 3. The van der Waals surface area contributed by atoms with Gasteiger partial charge in [-0.25, -0.2) is 0 Å². The SMILES string of the molecule is CN(c1ccccc1)c1nncc(N2CCCCCC2)n1. The van der Waals surface area contributed by atoms with Gasteiger partial charge in [0.05, 0.1) is 6.20 Å². The average molecular weight is 283 g/mol. The second kappa shape index (κ2) is 6.52. The van der Waals surface area contributed by atoms with Gasteiger partial charge in [0.1, 0.15) is 0 Å². The first kappa shape index (κ1) is 13.8. The normalized spacial score (nSPS) is 15.6. The first-order chi connectivity index (χ1) is 10.3. The molecule has 1 fully saturated rings. The lowest BCUT2D eigenvalue weighted by Gasteiger charge is -2.23. The van der Waals surface area contributed by atoms with Gasteiger partial charge in [0.15, 0.2) is 5.82 Å². The zero-order chi connectivity index (χ0) is 14.5. The van der Waals surface area contributed by atoms with E-state index in [2.05, 4.69) is 15.1 Å². The van der Waals surface area contributed by atoms with Gasteiger partial charge in [-0.05, 0) is 25.0 Å². The molecule has 0 spiro atoms. The maximum absolute atomic E-state index is 4.69. The van der Waals surface area contributed by atoms with E-state index in [1.54, 1.807) is 6.20 Å². The predicted molar refractivity (Wildman–Crippen MR) is 85.0 cm³/mol. The van der Waals surface area contributed by atoms with Crippen molar-refractivity contribution in [2.24, 2.45) is 0 Å². The van der Waals surface area contributed by atoms with Crippen LogP contribution in [0.4, 0.5) is 17.5 Å². The fourth-order valence-electron chi connectivity index (χ4n) is 2.65. The Morgan fingerprint density at radius 2 is 1.71 bits per heavy atom. The number of benzene rings is 1. The van der Waals surface area contributed by atoms with Crippen LogP contribution in [0.15, 0.2) is 36.5 Å². The Morgan fingerprint density at radius 3 is 2.43 bits per heavy atom. The number of hydrogen-bond acceptors (Lipinski definition) is 5. The minimum atomic E-state index is 0.642. The number of nitrogens with zero attached hydrogens (tertiary/aromatic N) is 5. The number of anilines is 3. The van der Waals surface area contributed by atoms with Crippen LogP contribution in [-0.4, -0.2) is 35.3 Å². The fraction of sp³-hybridized carbons (Fsp3) is 0.438. The lowest BCUT2D eigenvalue weighted by atomic mass is 10.2. The van der Waals surface area contributed by atoms with Crippen molar-refractivity contribution in [3.05, 3.63) is 36.5 Å². The van der Waals surface area contributed by atoms with Crippen LogP contribution in [0, 0.1) is 0 Å². The third kappa shape index (κ3) is 3.29. The molecule has 2 heterocycles. The lowest BCUT2D eigenvalue weighted by Crippen LogP contribution is -2.26. The summed E-state index contributed by atoms with van der Waals surface area (Å²) in [5.41, 5.74) is 1.06. The quantitative estimate of drug-likeness (QED) is 0.866. The van der Waals surface area contributed by atoms with Gasteiger partial charge >= 0.3 is 0 Å². The fourth-order valence-corrected chi connectivity index (χ4v) is 2.65. The van der Waals surface area contributed by atoms with E-state index in [9.17, 15) is 0 Å². The van der Waals surface area contributed by atoms with E-state index in [1.807, 2.05) is 42.3 Å². The summed E-state index contributed by atoms with van der Waals surface area (Å²) < 4.78 is 0. The molecule has 1 saturated heterocycles. The first-order valence-electron chi connectivity index (χ1n) is 7.58. The standard InChI is InChI=1S/C16H21N5/c1-20(14-9-5-4-6-10-14)16-18-15(13-17-19-16)21-11-7-2-3-8-12-21/h4-6,9-10,13H,2-3,7-8,11-12H2,1H3. The van der Waals surface area contributed by atoms with E-state index >= 15 is 0 Å². The van der Waals surface area contributed by atoms with E-state index < -0.39 is 0 Å². The Morgan fingerprint density at radius 1 is 1.00 bits per heavy atom. The van der Waals surface area contributed by atoms with Crippen LogP contribution in [0.5, 0.6) is 0 Å². The minimum Gasteiger partial charge on any atom is -0.355 e. The molecule has 110 valence electrons. The van der Waals surface area contributed by atoms with Crippen molar-refractivity contribution in [3.63, 3.8) is 0 Å². The third-order valence-electron chi connectivity index (χ3n) is 3.91. The van der Waals surface area contributed by atoms with Crippen LogP contribution in [0.1, 0.15) is 25.7 Å². The summed E-state index contributed by atoms with van der Waals surface area (Å²) in [4.78, 5) is 8.98. The van der Waals surface area contributed by atoms with Gasteiger partial charge in [0, 0.05) is 25.8 Å².